The second-order valence-electron chi connectivity index (χ2n) is 5.61. The maximum Gasteiger partial charge on any atom is 0.255 e. The minimum atomic E-state index is -2.91. The van der Waals surface area contributed by atoms with Crippen molar-refractivity contribution >= 4 is 15.7 Å². The monoisotopic (exact) mass is 314 g/mol. The molecule has 118 valence electrons. The van der Waals surface area contributed by atoms with Crippen LogP contribution in [0.1, 0.15) is 29.0 Å². The Bertz CT molecular complexity index is 586. The van der Waals surface area contributed by atoms with Crippen LogP contribution < -0.4 is 5.32 Å². The zero-order valence-electron chi connectivity index (χ0n) is 12.5. The molecule has 1 aromatic heterocycles. The predicted molar refractivity (Wildman–Crippen MR) is 80.1 cm³/mol. The van der Waals surface area contributed by atoms with Gasteiger partial charge in [-0.25, -0.2) is 8.42 Å². The zero-order valence-corrected chi connectivity index (χ0v) is 13.3. The molecule has 21 heavy (non-hydrogen) atoms. The fourth-order valence-electron chi connectivity index (χ4n) is 2.48. The van der Waals surface area contributed by atoms with Crippen LogP contribution in [0.25, 0.3) is 0 Å². The highest BCUT2D eigenvalue weighted by molar-refractivity contribution is 7.90. The fourth-order valence-corrected chi connectivity index (χ4v) is 3.07. The lowest BCUT2D eigenvalue weighted by Crippen LogP contribution is -2.45. The molecule has 0 bridgehead atoms. The molecule has 0 atom stereocenters. The van der Waals surface area contributed by atoms with E-state index in [0.717, 1.165) is 25.9 Å². The van der Waals surface area contributed by atoms with Gasteiger partial charge in [-0.05, 0) is 25.8 Å². The number of aryl methyl sites for hydroxylation is 1. The highest BCUT2D eigenvalue weighted by Crippen LogP contribution is 2.13. The molecular formula is C14H22N2O4S. The largest absolute Gasteiger partial charge is 0.469 e. The molecule has 0 aliphatic carbocycles. The molecule has 1 aromatic rings. The van der Waals surface area contributed by atoms with E-state index in [-0.39, 0.29) is 17.7 Å². The first kappa shape index (κ1) is 16.0. The van der Waals surface area contributed by atoms with Crippen molar-refractivity contribution in [3.63, 3.8) is 0 Å². The molecule has 1 aliphatic rings. The van der Waals surface area contributed by atoms with Crippen LogP contribution in [-0.4, -0.2) is 56.9 Å². The highest BCUT2D eigenvalue weighted by atomic mass is 32.2. The van der Waals surface area contributed by atoms with Gasteiger partial charge >= 0.3 is 0 Å². The molecule has 1 fully saturated rings. The highest BCUT2D eigenvalue weighted by Gasteiger charge is 2.22. The Kier molecular flexibility index (Phi) is 5.05. The van der Waals surface area contributed by atoms with E-state index in [1.54, 1.807) is 13.0 Å². The van der Waals surface area contributed by atoms with E-state index in [1.165, 1.54) is 12.5 Å². The van der Waals surface area contributed by atoms with Crippen LogP contribution in [-0.2, 0) is 9.84 Å². The van der Waals surface area contributed by atoms with Crippen molar-refractivity contribution in [2.24, 2.45) is 0 Å². The van der Waals surface area contributed by atoms with Gasteiger partial charge in [0.15, 0.2) is 0 Å². The number of furan rings is 1. The number of piperidine rings is 1. The summed E-state index contributed by atoms with van der Waals surface area (Å²) >= 11 is 0. The van der Waals surface area contributed by atoms with Crippen molar-refractivity contribution in [3.8, 4) is 0 Å². The summed E-state index contributed by atoms with van der Waals surface area (Å²) in [4.78, 5) is 14.2. The van der Waals surface area contributed by atoms with Gasteiger partial charge in [0, 0.05) is 31.9 Å². The summed E-state index contributed by atoms with van der Waals surface area (Å²) < 4.78 is 27.4. The molecule has 1 saturated heterocycles. The van der Waals surface area contributed by atoms with Crippen molar-refractivity contribution in [1.82, 2.24) is 10.2 Å². The number of nitrogens with one attached hydrogen (secondary N) is 1. The van der Waals surface area contributed by atoms with Crippen LogP contribution in [0, 0.1) is 6.92 Å². The molecule has 7 heteroatoms. The van der Waals surface area contributed by atoms with Crippen molar-refractivity contribution in [3.05, 3.63) is 23.7 Å². The van der Waals surface area contributed by atoms with E-state index < -0.39 is 9.84 Å². The minimum absolute atomic E-state index is 0.101. The van der Waals surface area contributed by atoms with Gasteiger partial charge < -0.3 is 14.6 Å². The summed E-state index contributed by atoms with van der Waals surface area (Å²) in [6.45, 7) is 3.96. The van der Waals surface area contributed by atoms with E-state index in [9.17, 15) is 13.2 Å². The third-order valence-electron chi connectivity index (χ3n) is 3.80. The lowest BCUT2D eigenvalue weighted by Gasteiger charge is -2.32. The van der Waals surface area contributed by atoms with Gasteiger partial charge in [0.25, 0.3) is 5.91 Å². The first-order valence-corrected chi connectivity index (χ1v) is 9.16. The lowest BCUT2D eigenvalue weighted by atomic mass is 10.0. The number of sulfone groups is 1. The van der Waals surface area contributed by atoms with Crippen LogP contribution in [0.3, 0.4) is 0 Å². The van der Waals surface area contributed by atoms with Crippen molar-refractivity contribution < 1.29 is 17.6 Å². The number of hydrogen-bond acceptors (Lipinski definition) is 5. The maximum atomic E-state index is 12.1. The number of rotatable bonds is 5. The standard InChI is InChI=1S/C14H22N2O4S/c1-11-13(5-9-20-11)14(17)15-12-3-6-16(7-4-12)8-10-21(2,18)19/h5,9,12H,3-4,6-8,10H2,1-2H3,(H,15,17). The number of hydrogen-bond donors (Lipinski definition) is 1. The van der Waals surface area contributed by atoms with Crippen LogP contribution >= 0.6 is 0 Å². The van der Waals surface area contributed by atoms with E-state index in [1.807, 2.05) is 0 Å². The Hall–Kier alpha value is -1.34. The van der Waals surface area contributed by atoms with Crippen molar-refractivity contribution in [2.75, 3.05) is 31.6 Å². The number of carbonyl (C=O) groups is 1. The molecule has 1 N–H and O–H groups in total. The normalized spacial score (nSPS) is 17.8. The van der Waals surface area contributed by atoms with Crippen LogP contribution in [0.2, 0.25) is 0 Å². The summed E-state index contributed by atoms with van der Waals surface area (Å²) in [7, 11) is -2.91. The summed E-state index contributed by atoms with van der Waals surface area (Å²) in [5, 5.41) is 3.01. The Labute approximate surface area is 125 Å². The number of amides is 1. The minimum Gasteiger partial charge on any atom is -0.469 e. The first-order chi connectivity index (χ1) is 9.85. The molecule has 6 nitrogen and oxygen atoms in total. The van der Waals surface area contributed by atoms with Gasteiger partial charge in [0.05, 0.1) is 17.6 Å². The average molecular weight is 314 g/mol. The quantitative estimate of drug-likeness (QED) is 0.870. The van der Waals surface area contributed by atoms with Crippen molar-refractivity contribution in [2.45, 2.75) is 25.8 Å². The predicted octanol–water partition coefficient (Wildman–Crippen LogP) is 0.827. The van der Waals surface area contributed by atoms with Gasteiger partial charge in [0.2, 0.25) is 0 Å². The third kappa shape index (κ3) is 4.86. The molecular weight excluding hydrogens is 292 g/mol. The summed E-state index contributed by atoms with van der Waals surface area (Å²) in [6.07, 6.45) is 4.45. The fraction of sp³-hybridized carbons (Fsp3) is 0.643. The van der Waals surface area contributed by atoms with E-state index >= 15 is 0 Å². The topological polar surface area (TPSA) is 79.6 Å². The first-order valence-electron chi connectivity index (χ1n) is 7.10. The molecule has 0 aromatic carbocycles. The zero-order chi connectivity index (χ0) is 15.5. The SMILES string of the molecule is Cc1occc1C(=O)NC1CCN(CCS(C)(=O)=O)CC1. The smallest absolute Gasteiger partial charge is 0.255 e. The molecule has 2 heterocycles. The maximum absolute atomic E-state index is 12.1. The second kappa shape index (κ2) is 6.62. The van der Waals surface area contributed by atoms with Crippen LogP contribution in [0.4, 0.5) is 0 Å². The molecule has 0 saturated carbocycles. The average Bonchev–Trinajstić information content (AvgIpc) is 2.83. The van der Waals surface area contributed by atoms with E-state index in [0.29, 0.717) is 17.9 Å². The molecule has 0 radical (unpaired) electrons. The van der Waals surface area contributed by atoms with Crippen LogP contribution in [0.15, 0.2) is 16.7 Å². The lowest BCUT2D eigenvalue weighted by molar-refractivity contribution is 0.0911. The molecule has 0 unspecified atom stereocenters. The number of carbonyl (C=O) groups excluding carboxylic acids is 1. The molecule has 1 amide bonds. The van der Waals surface area contributed by atoms with Gasteiger partial charge in [-0.1, -0.05) is 0 Å². The van der Waals surface area contributed by atoms with Crippen LogP contribution in [0.5, 0.6) is 0 Å². The summed E-state index contributed by atoms with van der Waals surface area (Å²) in [5.41, 5.74) is 0.578. The molecule has 2 rings (SSSR count). The van der Waals surface area contributed by atoms with Gasteiger partial charge in [-0.3, -0.25) is 4.79 Å². The Morgan fingerprint density at radius 3 is 2.62 bits per heavy atom. The van der Waals surface area contributed by atoms with E-state index in [2.05, 4.69) is 10.2 Å². The number of nitrogens with zero attached hydrogens (tertiary/aromatic N) is 1. The Morgan fingerprint density at radius 2 is 2.10 bits per heavy atom. The Balaban J connectivity index is 1.77. The third-order valence-corrected chi connectivity index (χ3v) is 4.73. The van der Waals surface area contributed by atoms with Gasteiger partial charge in [-0.2, -0.15) is 0 Å². The molecule has 1 aliphatic heterocycles. The Morgan fingerprint density at radius 1 is 1.43 bits per heavy atom. The van der Waals surface area contributed by atoms with E-state index in [4.69, 9.17) is 4.42 Å². The summed E-state index contributed by atoms with van der Waals surface area (Å²) in [6, 6.07) is 1.81. The summed E-state index contributed by atoms with van der Waals surface area (Å²) in [5.74, 6) is 0.715. The van der Waals surface area contributed by atoms with Crippen molar-refractivity contribution in [1.29, 1.82) is 0 Å². The molecule has 0 spiro atoms. The second-order valence-corrected chi connectivity index (χ2v) is 7.87. The number of likely N-dealkylation sites (tertiary alicyclic amines) is 1. The van der Waals surface area contributed by atoms with Gasteiger partial charge in [-0.15, -0.1) is 0 Å². The van der Waals surface area contributed by atoms with Gasteiger partial charge in [0.1, 0.15) is 15.6 Å².